The zero-order valence-corrected chi connectivity index (χ0v) is 14.7. The third-order valence-electron chi connectivity index (χ3n) is 3.57. The van der Waals surface area contributed by atoms with E-state index in [2.05, 4.69) is 31.7 Å². The molecule has 0 spiro atoms. The highest BCUT2D eigenvalue weighted by atomic mass is 16.5. The molecule has 2 heterocycles. The first-order valence-electron chi connectivity index (χ1n) is 8.00. The Kier molecular flexibility index (Phi) is 5.55. The number of hydrogen-bond acceptors (Lipinski definition) is 9. The minimum absolute atomic E-state index is 0.0718. The third-order valence-corrected chi connectivity index (χ3v) is 3.57. The van der Waals surface area contributed by atoms with Gasteiger partial charge in [-0.1, -0.05) is 12.1 Å². The molecule has 0 aliphatic carbocycles. The number of ether oxygens (including phenoxy) is 1. The number of rotatable bonds is 7. The van der Waals surface area contributed by atoms with Gasteiger partial charge in [-0.3, -0.25) is 31.3 Å². The van der Waals surface area contributed by atoms with Gasteiger partial charge in [0.15, 0.2) is 17.4 Å². The van der Waals surface area contributed by atoms with Gasteiger partial charge < -0.3 is 14.9 Å². The van der Waals surface area contributed by atoms with Crippen molar-refractivity contribution in [1.29, 1.82) is 0 Å². The van der Waals surface area contributed by atoms with E-state index in [0.29, 0.717) is 11.3 Å². The first kappa shape index (κ1) is 18.5. The van der Waals surface area contributed by atoms with Crippen LogP contribution in [-0.4, -0.2) is 28.9 Å². The molecular formula is C17H17N7O4. The molecule has 144 valence electrons. The lowest BCUT2D eigenvalue weighted by molar-refractivity contribution is 0.0933. The summed E-state index contributed by atoms with van der Waals surface area (Å²) in [4.78, 5) is 32.1. The van der Waals surface area contributed by atoms with E-state index in [4.69, 9.17) is 14.9 Å². The molecule has 3 aromatic rings. The molecule has 6 N–H and O–H groups in total. The fourth-order valence-electron chi connectivity index (χ4n) is 2.20. The number of amides is 2. The molecule has 28 heavy (non-hydrogen) atoms. The Morgan fingerprint density at radius 3 is 2.32 bits per heavy atom. The predicted octanol–water partition coefficient (Wildman–Crippen LogP) is 1.17. The molecule has 0 saturated carbocycles. The van der Waals surface area contributed by atoms with Crippen molar-refractivity contribution in [2.24, 2.45) is 0 Å². The fourth-order valence-corrected chi connectivity index (χ4v) is 2.20. The van der Waals surface area contributed by atoms with Crippen LogP contribution in [0, 0.1) is 0 Å². The quantitative estimate of drug-likeness (QED) is 0.378. The van der Waals surface area contributed by atoms with Crippen LogP contribution in [0.2, 0.25) is 0 Å². The van der Waals surface area contributed by atoms with Gasteiger partial charge in [0.2, 0.25) is 0 Å². The van der Waals surface area contributed by atoms with Gasteiger partial charge in [0.1, 0.15) is 17.8 Å². The van der Waals surface area contributed by atoms with Crippen molar-refractivity contribution < 1.29 is 18.7 Å². The van der Waals surface area contributed by atoms with E-state index in [1.807, 2.05) is 0 Å². The lowest BCUT2D eigenvalue weighted by Crippen LogP contribution is -2.32. The molecule has 0 unspecified atom stereocenters. The van der Waals surface area contributed by atoms with Crippen LogP contribution in [0.15, 0.2) is 53.4 Å². The number of benzene rings is 1. The number of para-hydroxylation sites is 1. The number of nitrogen functional groups attached to an aromatic ring is 1. The van der Waals surface area contributed by atoms with Crippen LogP contribution in [0.4, 0.5) is 17.3 Å². The Morgan fingerprint density at radius 1 is 1.00 bits per heavy atom. The summed E-state index contributed by atoms with van der Waals surface area (Å²) < 4.78 is 10.1. The Hall–Kier alpha value is -4.28. The molecule has 0 saturated heterocycles. The zero-order chi connectivity index (χ0) is 19.9. The van der Waals surface area contributed by atoms with E-state index in [0.717, 1.165) is 0 Å². The lowest BCUT2D eigenvalue weighted by Gasteiger charge is -2.14. The van der Waals surface area contributed by atoms with Crippen LogP contribution < -0.4 is 32.2 Å². The summed E-state index contributed by atoms with van der Waals surface area (Å²) in [5.41, 5.74) is 16.4. The second-order valence-electron chi connectivity index (χ2n) is 5.32. The molecule has 0 aliphatic rings. The number of hydrogen-bond donors (Lipinski definition) is 5. The molecule has 0 radical (unpaired) electrons. The van der Waals surface area contributed by atoms with Crippen LogP contribution in [0.5, 0.6) is 5.75 Å². The molecule has 11 nitrogen and oxygen atoms in total. The van der Waals surface area contributed by atoms with Gasteiger partial charge in [0, 0.05) is 0 Å². The topological polar surface area (TPSA) is 156 Å². The molecule has 11 heteroatoms. The summed E-state index contributed by atoms with van der Waals surface area (Å²) in [7, 11) is 1.47. The maximum absolute atomic E-state index is 12.3. The second kappa shape index (κ2) is 8.40. The number of anilines is 3. The van der Waals surface area contributed by atoms with Gasteiger partial charge in [-0.2, -0.15) is 0 Å². The average Bonchev–Trinajstić information content (AvgIpc) is 3.26. The number of hydrazine groups is 2. The highest BCUT2D eigenvalue weighted by Crippen LogP contribution is 2.21. The van der Waals surface area contributed by atoms with Crippen LogP contribution >= 0.6 is 0 Å². The molecule has 3 rings (SSSR count). The molecule has 0 fully saturated rings. The van der Waals surface area contributed by atoms with Crippen molar-refractivity contribution in [3.8, 4) is 5.75 Å². The Bertz CT molecular complexity index is 975. The lowest BCUT2D eigenvalue weighted by atomic mass is 10.2. The Morgan fingerprint density at radius 2 is 1.68 bits per heavy atom. The Labute approximate surface area is 159 Å². The van der Waals surface area contributed by atoms with Gasteiger partial charge in [0.25, 0.3) is 5.91 Å². The largest absolute Gasteiger partial charge is 0.496 e. The molecular weight excluding hydrogens is 366 g/mol. The summed E-state index contributed by atoms with van der Waals surface area (Å²) in [6.45, 7) is 0. The van der Waals surface area contributed by atoms with Crippen molar-refractivity contribution in [3.05, 3.63) is 60.3 Å². The van der Waals surface area contributed by atoms with E-state index in [9.17, 15) is 9.59 Å². The summed E-state index contributed by atoms with van der Waals surface area (Å²) in [5, 5.41) is 0. The average molecular weight is 383 g/mol. The number of aromatic nitrogens is 2. The molecule has 2 amide bonds. The SMILES string of the molecule is COc1ccccc1C(=O)NNc1ncnc(NNC(=O)c2ccco2)c1N. The van der Waals surface area contributed by atoms with Crippen LogP contribution in [-0.2, 0) is 0 Å². The van der Waals surface area contributed by atoms with E-state index in [1.54, 1.807) is 30.3 Å². The minimum Gasteiger partial charge on any atom is -0.496 e. The van der Waals surface area contributed by atoms with Crippen molar-refractivity contribution in [3.63, 3.8) is 0 Å². The third kappa shape index (κ3) is 4.09. The van der Waals surface area contributed by atoms with Gasteiger partial charge in [0.05, 0.1) is 18.9 Å². The van der Waals surface area contributed by atoms with Gasteiger partial charge in [-0.25, -0.2) is 9.97 Å². The minimum atomic E-state index is -0.512. The number of nitrogens with zero attached hydrogens (tertiary/aromatic N) is 2. The maximum Gasteiger partial charge on any atom is 0.305 e. The molecule has 0 atom stereocenters. The number of carbonyl (C=O) groups excluding carboxylic acids is 2. The molecule has 1 aromatic carbocycles. The van der Waals surface area contributed by atoms with E-state index >= 15 is 0 Å². The van der Waals surface area contributed by atoms with Crippen LogP contribution in [0.3, 0.4) is 0 Å². The van der Waals surface area contributed by atoms with Crippen LogP contribution in [0.25, 0.3) is 0 Å². The molecule has 0 aliphatic heterocycles. The first-order chi connectivity index (χ1) is 13.6. The first-order valence-corrected chi connectivity index (χ1v) is 8.00. The van der Waals surface area contributed by atoms with Gasteiger partial charge in [-0.05, 0) is 24.3 Å². The monoisotopic (exact) mass is 383 g/mol. The van der Waals surface area contributed by atoms with E-state index in [1.165, 1.54) is 25.8 Å². The summed E-state index contributed by atoms with van der Waals surface area (Å²) in [6, 6.07) is 9.82. The number of methoxy groups -OCH3 is 1. The summed E-state index contributed by atoms with van der Waals surface area (Å²) in [6.07, 6.45) is 2.58. The molecule has 2 aromatic heterocycles. The van der Waals surface area contributed by atoms with Crippen molar-refractivity contribution in [2.75, 3.05) is 23.7 Å². The zero-order valence-electron chi connectivity index (χ0n) is 14.7. The van der Waals surface area contributed by atoms with Crippen molar-refractivity contribution >= 4 is 29.1 Å². The number of nitrogens with two attached hydrogens (primary N) is 1. The predicted molar refractivity (Wildman–Crippen MR) is 100 cm³/mol. The van der Waals surface area contributed by atoms with E-state index < -0.39 is 11.8 Å². The van der Waals surface area contributed by atoms with Crippen LogP contribution in [0.1, 0.15) is 20.9 Å². The maximum atomic E-state index is 12.3. The number of carbonyl (C=O) groups is 2. The normalized spacial score (nSPS) is 10.0. The highest BCUT2D eigenvalue weighted by molar-refractivity contribution is 5.97. The standard InChI is InChI=1S/C17H17N7O4/c1-27-11-6-3-2-5-10(11)16(25)23-21-14-13(18)15(20-9-19-14)22-24-17(26)12-7-4-8-28-12/h2-9H,18H2,1H3,(H,23,25)(H,24,26)(H2,19,20,21,22). The Balaban J connectivity index is 1.64. The summed E-state index contributed by atoms with van der Waals surface area (Å²) in [5.74, 6) is -0.168. The highest BCUT2D eigenvalue weighted by Gasteiger charge is 2.14. The summed E-state index contributed by atoms with van der Waals surface area (Å²) >= 11 is 0. The fraction of sp³-hybridized carbons (Fsp3) is 0.0588. The number of nitrogens with one attached hydrogen (secondary N) is 4. The van der Waals surface area contributed by atoms with E-state index in [-0.39, 0.29) is 23.1 Å². The number of furan rings is 1. The molecule has 0 bridgehead atoms. The second-order valence-corrected chi connectivity index (χ2v) is 5.32. The van der Waals surface area contributed by atoms with Crippen molar-refractivity contribution in [2.45, 2.75) is 0 Å². The van der Waals surface area contributed by atoms with Gasteiger partial charge in [-0.15, -0.1) is 0 Å². The van der Waals surface area contributed by atoms with Crippen molar-refractivity contribution in [1.82, 2.24) is 20.8 Å². The van der Waals surface area contributed by atoms with Gasteiger partial charge >= 0.3 is 5.91 Å². The smallest absolute Gasteiger partial charge is 0.305 e.